The number of β-amino-alcohol motifs (C(OH)–C–C–N with tert-alkyl or cyclic N) is 1. The van der Waals surface area contributed by atoms with Crippen molar-refractivity contribution in [2.24, 2.45) is 7.05 Å². The van der Waals surface area contributed by atoms with Crippen molar-refractivity contribution in [3.63, 3.8) is 0 Å². The number of amides is 1. The van der Waals surface area contributed by atoms with Crippen LogP contribution in [0.25, 0.3) is 0 Å². The number of nitro groups is 1. The average Bonchev–Trinajstić information content (AvgIpc) is 2.83. The van der Waals surface area contributed by atoms with Crippen molar-refractivity contribution in [3.8, 4) is 0 Å². The maximum absolute atomic E-state index is 12.0. The molecule has 0 radical (unpaired) electrons. The highest BCUT2D eigenvalue weighted by molar-refractivity contribution is 5.93. The molecule has 92 valence electrons. The van der Waals surface area contributed by atoms with E-state index in [1.165, 1.54) is 28.6 Å². The van der Waals surface area contributed by atoms with E-state index in [9.17, 15) is 20.0 Å². The van der Waals surface area contributed by atoms with Gasteiger partial charge in [-0.1, -0.05) is 0 Å². The van der Waals surface area contributed by atoms with Crippen LogP contribution in [0, 0.1) is 10.1 Å². The second kappa shape index (κ2) is 4.17. The van der Waals surface area contributed by atoms with E-state index in [2.05, 4.69) is 0 Å². The van der Waals surface area contributed by atoms with E-state index >= 15 is 0 Å². The van der Waals surface area contributed by atoms with Crippen LogP contribution in [0.2, 0.25) is 0 Å². The second-order valence-corrected chi connectivity index (χ2v) is 4.09. The first-order chi connectivity index (χ1) is 8.00. The molecule has 0 saturated carbocycles. The molecule has 0 aliphatic carbocycles. The van der Waals surface area contributed by atoms with Gasteiger partial charge in [-0.05, 0) is 17.4 Å². The lowest BCUT2D eigenvalue weighted by molar-refractivity contribution is -0.391. The minimum Gasteiger partial charge on any atom is -0.391 e. The molecule has 1 aliphatic heterocycles. The maximum Gasteiger partial charge on any atom is 0.323 e. The smallest absolute Gasteiger partial charge is 0.323 e. The molecule has 0 aromatic carbocycles. The van der Waals surface area contributed by atoms with Crippen molar-refractivity contribution in [1.29, 1.82) is 0 Å². The Labute approximate surface area is 97.4 Å². The number of hydrogen-bond acceptors (Lipinski definition) is 4. The first-order valence-electron chi connectivity index (χ1n) is 5.28. The van der Waals surface area contributed by atoms with E-state index in [0.717, 1.165) is 0 Å². The Morgan fingerprint density at radius 2 is 2.29 bits per heavy atom. The predicted octanol–water partition coefficient (Wildman–Crippen LogP) is 0.140. The number of hydrogen-bond donors (Lipinski definition) is 1. The molecule has 1 saturated heterocycles. The summed E-state index contributed by atoms with van der Waals surface area (Å²) in [5, 5.41) is 20.0. The predicted molar refractivity (Wildman–Crippen MR) is 58.6 cm³/mol. The first-order valence-corrected chi connectivity index (χ1v) is 5.28. The molecule has 17 heavy (non-hydrogen) atoms. The summed E-state index contributed by atoms with van der Waals surface area (Å²) in [7, 11) is 1.48. The average molecular weight is 239 g/mol. The Morgan fingerprint density at radius 1 is 1.59 bits per heavy atom. The number of carbonyl (C=O) groups is 1. The van der Waals surface area contributed by atoms with Gasteiger partial charge >= 0.3 is 5.82 Å². The van der Waals surface area contributed by atoms with Gasteiger partial charge in [0.15, 0.2) is 5.69 Å². The van der Waals surface area contributed by atoms with E-state index < -0.39 is 11.0 Å². The van der Waals surface area contributed by atoms with Gasteiger partial charge in [0.05, 0.1) is 13.2 Å². The number of aliphatic hydroxyl groups excluding tert-OH is 1. The standard InChI is InChI=1S/C10H13N3O4/c1-11-8(2-3-9(11)13(16)17)10(15)12-5-4-7(14)6-12/h2-3,7,14H,4-6H2,1H3/t7-/m1/s1. The molecule has 2 rings (SSSR count). The van der Waals surface area contributed by atoms with Gasteiger partial charge in [0, 0.05) is 19.2 Å². The summed E-state index contributed by atoms with van der Waals surface area (Å²) in [5.41, 5.74) is 0.269. The normalized spacial score (nSPS) is 19.6. The van der Waals surface area contributed by atoms with Crippen LogP contribution in [0.1, 0.15) is 16.9 Å². The molecule has 7 heteroatoms. The molecule has 1 aromatic rings. The lowest BCUT2D eigenvalue weighted by atomic mass is 10.3. The Bertz CT molecular complexity index is 468. The SMILES string of the molecule is Cn1c(C(=O)N2CC[C@@H](O)C2)ccc1[N+](=O)[O-]. The van der Waals surface area contributed by atoms with Crippen LogP contribution in [0.4, 0.5) is 5.82 Å². The zero-order valence-corrected chi connectivity index (χ0v) is 9.37. The van der Waals surface area contributed by atoms with E-state index in [0.29, 0.717) is 13.0 Å². The minimum atomic E-state index is -0.532. The van der Waals surface area contributed by atoms with Gasteiger partial charge in [0.1, 0.15) is 0 Å². The Morgan fingerprint density at radius 3 is 2.76 bits per heavy atom. The Balaban J connectivity index is 2.23. The van der Waals surface area contributed by atoms with Crippen LogP contribution in [0.5, 0.6) is 0 Å². The van der Waals surface area contributed by atoms with Crippen LogP contribution in [0.15, 0.2) is 12.1 Å². The molecule has 7 nitrogen and oxygen atoms in total. The van der Waals surface area contributed by atoms with Gasteiger partial charge in [0.25, 0.3) is 5.91 Å². The molecular weight excluding hydrogens is 226 g/mol. The summed E-state index contributed by atoms with van der Waals surface area (Å²) in [6.45, 7) is 0.775. The summed E-state index contributed by atoms with van der Waals surface area (Å²) >= 11 is 0. The van der Waals surface area contributed by atoms with Crippen LogP contribution < -0.4 is 0 Å². The summed E-state index contributed by atoms with van der Waals surface area (Å²) < 4.78 is 1.26. The van der Waals surface area contributed by atoms with Gasteiger partial charge in [-0.3, -0.25) is 4.79 Å². The van der Waals surface area contributed by atoms with Gasteiger partial charge < -0.3 is 20.1 Å². The monoisotopic (exact) mass is 239 g/mol. The van der Waals surface area contributed by atoms with Crippen LogP contribution >= 0.6 is 0 Å². The van der Waals surface area contributed by atoms with Gasteiger partial charge in [-0.15, -0.1) is 0 Å². The zero-order chi connectivity index (χ0) is 12.6. The summed E-state index contributed by atoms with van der Waals surface area (Å²) in [5.74, 6) is -0.398. The van der Waals surface area contributed by atoms with E-state index in [1.807, 2.05) is 0 Å². The molecule has 1 N–H and O–H groups in total. The largest absolute Gasteiger partial charge is 0.391 e. The van der Waals surface area contributed by atoms with Crippen molar-refractivity contribution >= 4 is 11.7 Å². The highest BCUT2D eigenvalue weighted by Crippen LogP contribution is 2.19. The van der Waals surface area contributed by atoms with Crippen LogP contribution in [0.3, 0.4) is 0 Å². The quantitative estimate of drug-likeness (QED) is 0.587. The third kappa shape index (κ3) is 2.01. The van der Waals surface area contributed by atoms with Crippen LogP contribution in [-0.4, -0.2) is 44.6 Å². The van der Waals surface area contributed by atoms with Gasteiger partial charge in [-0.2, -0.15) is 0 Å². The minimum absolute atomic E-state index is 0.118. The van der Waals surface area contributed by atoms with Gasteiger partial charge in [0.2, 0.25) is 0 Å². The maximum atomic E-state index is 12.0. The van der Waals surface area contributed by atoms with E-state index in [1.54, 1.807) is 0 Å². The fourth-order valence-electron chi connectivity index (χ4n) is 1.99. The fraction of sp³-hybridized carbons (Fsp3) is 0.500. The van der Waals surface area contributed by atoms with Crippen molar-refractivity contribution in [1.82, 2.24) is 9.47 Å². The number of aromatic nitrogens is 1. The van der Waals surface area contributed by atoms with E-state index in [-0.39, 0.29) is 24.0 Å². The van der Waals surface area contributed by atoms with Crippen molar-refractivity contribution < 1.29 is 14.8 Å². The number of likely N-dealkylation sites (tertiary alicyclic amines) is 1. The van der Waals surface area contributed by atoms with Crippen LogP contribution in [-0.2, 0) is 7.05 Å². The van der Waals surface area contributed by atoms with E-state index in [4.69, 9.17) is 0 Å². The first kappa shape index (κ1) is 11.6. The zero-order valence-electron chi connectivity index (χ0n) is 9.37. The molecule has 0 spiro atoms. The molecule has 0 unspecified atom stereocenters. The summed E-state index contributed by atoms with van der Waals surface area (Å²) in [6, 6.07) is 2.74. The number of carbonyl (C=O) groups excluding carboxylic acids is 1. The van der Waals surface area contributed by atoms with Crippen molar-refractivity contribution in [3.05, 3.63) is 27.9 Å². The molecule has 1 fully saturated rings. The number of aliphatic hydroxyl groups is 1. The highest BCUT2D eigenvalue weighted by Gasteiger charge is 2.30. The molecule has 1 aliphatic rings. The molecule has 1 atom stereocenters. The molecular formula is C10H13N3O4. The third-order valence-electron chi connectivity index (χ3n) is 2.95. The number of nitrogens with zero attached hydrogens (tertiary/aromatic N) is 3. The van der Waals surface area contributed by atoms with Crippen molar-refractivity contribution in [2.45, 2.75) is 12.5 Å². The summed E-state index contributed by atoms with van der Waals surface area (Å²) in [4.78, 5) is 23.6. The highest BCUT2D eigenvalue weighted by atomic mass is 16.6. The topological polar surface area (TPSA) is 88.6 Å². The molecule has 1 amide bonds. The summed E-state index contributed by atoms with van der Waals surface area (Å²) in [6.07, 6.45) is 0.0623. The second-order valence-electron chi connectivity index (χ2n) is 4.09. The van der Waals surface area contributed by atoms with Gasteiger partial charge in [-0.25, -0.2) is 4.57 Å². The molecule has 2 heterocycles. The van der Waals surface area contributed by atoms with Crippen molar-refractivity contribution in [2.75, 3.05) is 13.1 Å². The third-order valence-corrected chi connectivity index (χ3v) is 2.95. The lowest BCUT2D eigenvalue weighted by Gasteiger charge is -2.13. The molecule has 0 bridgehead atoms. The fourth-order valence-corrected chi connectivity index (χ4v) is 1.99. The Kier molecular flexibility index (Phi) is 2.84. The number of rotatable bonds is 2. The lowest BCUT2D eigenvalue weighted by Crippen LogP contribution is -2.30. The Hall–Kier alpha value is -1.89. The molecule has 1 aromatic heterocycles.